The number of halogens is 1. The molecule has 2 aromatic rings. The third-order valence-corrected chi connectivity index (χ3v) is 3.44. The number of nitrogens with zero attached hydrogens (tertiary/aromatic N) is 5. The van der Waals surface area contributed by atoms with Gasteiger partial charge < -0.3 is 5.73 Å². The molecular formula is C11H17ClN6. The number of nitrogens with two attached hydrogens (primary N) is 1. The Bertz CT molecular complexity index is 544. The number of aryl methyl sites for hydroxylation is 2. The molecule has 0 saturated carbocycles. The number of hydrogen-bond donors (Lipinski definition) is 1. The molecule has 1 atom stereocenters. The van der Waals surface area contributed by atoms with Gasteiger partial charge in [0.15, 0.2) is 0 Å². The summed E-state index contributed by atoms with van der Waals surface area (Å²) in [5, 5.41) is 13.1. The van der Waals surface area contributed by atoms with E-state index >= 15 is 0 Å². The fraction of sp³-hybridized carbons (Fsp3) is 0.545. The highest BCUT2D eigenvalue weighted by Gasteiger charge is 2.14. The highest BCUT2D eigenvalue weighted by Crippen LogP contribution is 2.20. The summed E-state index contributed by atoms with van der Waals surface area (Å²) >= 11 is 6.19. The van der Waals surface area contributed by atoms with E-state index in [-0.39, 0.29) is 6.04 Å². The summed E-state index contributed by atoms with van der Waals surface area (Å²) in [5.74, 6) is 0. The Kier molecular flexibility index (Phi) is 3.68. The lowest BCUT2D eigenvalue weighted by atomic mass is 10.2. The molecule has 2 N–H and O–H groups in total. The first-order valence-corrected chi connectivity index (χ1v) is 6.24. The molecule has 0 fully saturated rings. The molecule has 0 spiro atoms. The van der Waals surface area contributed by atoms with Crippen molar-refractivity contribution in [2.75, 3.05) is 0 Å². The van der Waals surface area contributed by atoms with Gasteiger partial charge in [-0.2, -0.15) is 5.10 Å². The lowest BCUT2D eigenvalue weighted by Gasteiger charge is -2.03. The van der Waals surface area contributed by atoms with E-state index in [4.69, 9.17) is 17.3 Å². The molecule has 2 aromatic heterocycles. The fourth-order valence-electron chi connectivity index (χ4n) is 1.78. The van der Waals surface area contributed by atoms with Crippen molar-refractivity contribution in [3.05, 3.63) is 28.3 Å². The average Bonchev–Trinajstić information content (AvgIpc) is 2.90. The van der Waals surface area contributed by atoms with Gasteiger partial charge in [-0.15, -0.1) is 5.10 Å². The minimum Gasteiger partial charge on any atom is -0.323 e. The molecule has 2 rings (SSSR count). The first-order chi connectivity index (χ1) is 8.52. The van der Waals surface area contributed by atoms with Crippen molar-refractivity contribution in [2.45, 2.75) is 32.9 Å². The number of hydrogen-bond acceptors (Lipinski definition) is 4. The molecule has 2 heterocycles. The van der Waals surface area contributed by atoms with Crippen LogP contribution in [0.25, 0.3) is 0 Å². The van der Waals surface area contributed by atoms with Crippen LogP contribution < -0.4 is 5.73 Å². The van der Waals surface area contributed by atoms with Crippen LogP contribution in [0, 0.1) is 6.92 Å². The minimum atomic E-state index is -0.0671. The van der Waals surface area contributed by atoms with Crippen LogP contribution in [0.4, 0.5) is 0 Å². The van der Waals surface area contributed by atoms with Gasteiger partial charge in [-0.1, -0.05) is 23.7 Å². The van der Waals surface area contributed by atoms with Crippen molar-refractivity contribution in [1.82, 2.24) is 24.8 Å². The molecule has 18 heavy (non-hydrogen) atoms. The normalized spacial score (nSPS) is 12.9. The van der Waals surface area contributed by atoms with E-state index in [9.17, 15) is 0 Å². The van der Waals surface area contributed by atoms with Crippen LogP contribution in [-0.2, 0) is 13.6 Å². The zero-order valence-corrected chi connectivity index (χ0v) is 11.5. The summed E-state index contributed by atoms with van der Waals surface area (Å²) in [7, 11) is 1.86. The van der Waals surface area contributed by atoms with Gasteiger partial charge in [0.1, 0.15) is 0 Å². The monoisotopic (exact) mass is 268 g/mol. The maximum Gasteiger partial charge on any atom is 0.0994 e. The van der Waals surface area contributed by atoms with E-state index in [0.717, 1.165) is 23.5 Å². The van der Waals surface area contributed by atoms with E-state index < -0.39 is 0 Å². The van der Waals surface area contributed by atoms with Crippen LogP contribution in [0.5, 0.6) is 0 Å². The van der Waals surface area contributed by atoms with Crippen molar-refractivity contribution >= 4 is 11.6 Å². The largest absolute Gasteiger partial charge is 0.323 e. The molecule has 98 valence electrons. The molecule has 0 aliphatic rings. The van der Waals surface area contributed by atoms with Crippen LogP contribution in [0.3, 0.4) is 0 Å². The van der Waals surface area contributed by atoms with E-state index in [1.165, 1.54) is 0 Å². The topological polar surface area (TPSA) is 74.6 Å². The summed E-state index contributed by atoms with van der Waals surface area (Å²) in [4.78, 5) is 0. The van der Waals surface area contributed by atoms with Crippen molar-refractivity contribution in [3.8, 4) is 0 Å². The van der Waals surface area contributed by atoms with Gasteiger partial charge in [-0.05, 0) is 13.3 Å². The summed E-state index contributed by atoms with van der Waals surface area (Å²) in [6.45, 7) is 4.44. The second-order valence-corrected chi connectivity index (χ2v) is 4.70. The molecular weight excluding hydrogens is 252 g/mol. The molecule has 6 nitrogen and oxygen atoms in total. The predicted octanol–water partition coefficient (Wildman–Crippen LogP) is 1.43. The standard InChI is InChI=1S/C11H17ClN6/c1-4-8(13)9-5-18(16-14-9)6-10-11(12)7(2)15-17(10)3/h5,8H,4,6,13H2,1-3H3. The summed E-state index contributed by atoms with van der Waals surface area (Å²) in [6, 6.07) is -0.0671. The molecule has 0 aliphatic heterocycles. The first kappa shape index (κ1) is 13.0. The molecule has 0 aromatic carbocycles. The van der Waals surface area contributed by atoms with Crippen LogP contribution >= 0.6 is 11.6 Å². The molecule has 0 bridgehead atoms. The first-order valence-electron chi connectivity index (χ1n) is 5.86. The third-order valence-electron chi connectivity index (χ3n) is 2.95. The Morgan fingerprint density at radius 3 is 2.78 bits per heavy atom. The third kappa shape index (κ3) is 2.39. The fourth-order valence-corrected chi connectivity index (χ4v) is 1.99. The number of aromatic nitrogens is 5. The highest BCUT2D eigenvalue weighted by molar-refractivity contribution is 6.31. The Morgan fingerprint density at radius 1 is 1.50 bits per heavy atom. The van der Waals surface area contributed by atoms with Gasteiger partial charge in [0.2, 0.25) is 0 Å². The highest BCUT2D eigenvalue weighted by atomic mass is 35.5. The van der Waals surface area contributed by atoms with Crippen molar-refractivity contribution in [3.63, 3.8) is 0 Å². The van der Waals surface area contributed by atoms with Crippen LogP contribution in [-0.4, -0.2) is 24.8 Å². The van der Waals surface area contributed by atoms with Gasteiger partial charge in [0, 0.05) is 7.05 Å². The van der Waals surface area contributed by atoms with Gasteiger partial charge in [-0.25, -0.2) is 4.68 Å². The molecule has 0 saturated heterocycles. The Balaban J connectivity index is 2.21. The van der Waals surface area contributed by atoms with Crippen LogP contribution in [0.2, 0.25) is 5.02 Å². The zero-order valence-electron chi connectivity index (χ0n) is 10.8. The quantitative estimate of drug-likeness (QED) is 0.910. The minimum absolute atomic E-state index is 0.0671. The summed E-state index contributed by atoms with van der Waals surface area (Å²) in [5.41, 5.74) is 8.44. The molecule has 0 aliphatic carbocycles. The van der Waals surface area contributed by atoms with Gasteiger partial charge in [0.05, 0.1) is 40.9 Å². The molecule has 0 amide bonds. The predicted molar refractivity (Wildman–Crippen MR) is 69.3 cm³/mol. The Labute approximate surface area is 111 Å². The lowest BCUT2D eigenvalue weighted by Crippen LogP contribution is -2.09. The second kappa shape index (κ2) is 5.07. The van der Waals surface area contributed by atoms with Crippen molar-refractivity contribution in [1.29, 1.82) is 0 Å². The molecule has 1 unspecified atom stereocenters. The smallest absolute Gasteiger partial charge is 0.0994 e. The van der Waals surface area contributed by atoms with Crippen LogP contribution in [0.1, 0.15) is 36.5 Å². The average molecular weight is 269 g/mol. The van der Waals surface area contributed by atoms with Crippen molar-refractivity contribution < 1.29 is 0 Å². The summed E-state index contributed by atoms with van der Waals surface area (Å²) in [6.07, 6.45) is 2.69. The van der Waals surface area contributed by atoms with Gasteiger partial charge in [0.25, 0.3) is 0 Å². The zero-order chi connectivity index (χ0) is 13.3. The van der Waals surface area contributed by atoms with Crippen LogP contribution in [0.15, 0.2) is 6.20 Å². The Morgan fingerprint density at radius 2 is 2.22 bits per heavy atom. The van der Waals surface area contributed by atoms with E-state index in [1.807, 2.05) is 27.1 Å². The number of rotatable bonds is 4. The second-order valence-electron chi connectivity index (χ2n) is 4.33. The van der Waals surface area contributed by atoms with Crippen molar-refractivity contribution in [2.24, 2.45) is 12.8 Å². The van der Waals surface area contributed by atoms with Gasteiger partial charge in [-0.3, -0.25) is 4.68 Å². The maximum absolute atomic E-state index is 6.19. The Hall–Kier alpha value is -1.40. The van der Waals surface area contributed by atoms with E-state index in [2.05, 4.69) is 15.4 Å². The molecule has 0 radical (unpaired) electrons. The van der Waals surface area contributed by atoms with Gasteiger partial charge >= 0.3 is 0 Å². The molecule has 7 heteroatoms. The van der Waals surface area contributed by atoms with E-state index in [1.54, 1.807) is 9.36 Å². The van der Waals surface area contributed by atoms with E-state index in [0.29, 0.717) is 11.6 Å². The lowest BCUT2D eigenvalue weighted by molar-refractivity contribution is 0.599. The SMILES string of the molecule is CCC(N)c1cn(Cc2c(Cl)c(C)nn2C)nn1. The summed E-state index contributed by atoms with van der Waals surface area (Å²) < 4.78 is 3.49. The maximum atomic E-state index is 6.19.